The van der Waals surface area contributed by atoms with E-state index in [-0.39, 0.29) is 12.5 Å². The van der Waals surface area contributed by atoms with Crippen molar-refractivity contribution in [2.24, 2.45) is 0 Å². The topological polar surface area (TPSA) is 46.2 Å². The van der Waals surface area contributed by atoms with Crippen LogP contribution in [0.25, 0.3) is 0 Å². The minimum Gasteiger partial charge on any atom is -0.398 e. The molecule has 1 unspecified atom stereocenters. The largest absolute Gasteiger partial charge is 0.398 e. The Kier molecular flexibility index (Phi) is 2.23. The van der Waals surface area contributed by atoms with E-state index in [1.54, 1.807) is 0 Å². The fourth-order valence-electron chi connectivity index (χ4n) is 2.21. The molecule has 0 saturated carbocycles. The van der Waals surface area contributed by atoms with Gasteiger partial charge in [0.2, 0.25) is 0 Å². The van der Waals surface area contributed by atoms with Crippen LogP contribution in [0, 0.1) is 0 Å². The van der Waals surface area contributed by atoms with Crippen molar-refractivity contribution in [3.05, 3.63) is 29.3 Å². The predicted molar refractivity (Wildman–Crippen MR) is 53.6 cm³/mol. The van der Waals surface area contributed by atoms with Crippen LogP contribution in [0.4, 0.5) is 5.69 Å². The molecule has 2 rings (SSSR count). The molecule has 2 nitrogen and oxygen atoms in total. The molecule has 0 spiro atoms. The van der Waals surface area contributed by atoms with Crippen molar-refractivity contribution in [2.75, 3.05) is 12.3 Å². The highest BCUT2D eigenvalue weighted by atomic mass is 16.3. The number of aryl methyl sites for hydroxylation is 1. The molecule has 0 radical (unpaired) electrons. The summed E-state index contributed by atoms with van der Waals surface area (Å²) in [5, 5.41) is 9.21. The van der Waals surface area contributed by atoms with Crippen LogP contribution in [0.3, 0.4) is 0 Å². The summed E-state index contributed by atoms with van der Waals surface area (Å²) in [4.78, 5) is 0. The van der Waals surface area contributed by atoms with E-state index in [1.807, 2.05) is 12.1 Å². The van der Waals surface area contributed by atoms with Crippen LogP contribution in [0.5, 0.6) is 0 Å². The highest BCUT2D eigenvalue weighted by Gasteiger charge is 2.21. The van der Waals surface area contributed by atoms with Crippen molar-refractivity contribution < 1.29 is 5.11 Å². The Labute approximate surface area is 78.4 Å². The van der Waals surface area contributed by atoms with Crippen molar-refractivity contribution in [1.82, 2.24) is 0 Å². The monoisotopic (exact) mass is 177 g/mol. The third kappa shape index (κ3) is 1.42. The minimum absolute atomic E-state index is 0.223. The molecule has 1 aliphatic rings. The number of nitrogen functional groups attached to an aromatic ring is 1. The summed E-state index contributed by atoms with van der Waals surface area (Å²) in [6.45, 7) is 0.223. The summed E-state index contributed by atoms with van der Waals surface area (Å²) in [6.07, 6.45) is 3.34. The van der Waals surface area contributed by atoms with Crippen LogP contribution in [0.15, 0.2) is 18.2 Å². The maximum absolute atomic E-state index is 9.21. The second-order valence-corrected chi connectivity index (χ2v) is 3.69. The number of rotatable bonds is 1. The first-order chi connectivity index (χ1) is 6.33. The van der Waals surface area contributed by atoms with Crippen LogP contribution < -0.4 is 5.73 Å². The number of fused-ring (bicyclic) bond motifs is 1. The molecule has 3 N–H and O–H groups in total. The normalized spacial score (nSPS) is 21.2. The average Bonchev–Trinajstić information content (AvgIpc) is 2.17. The lowest BCUT2D eigenvalue weighted by Gasteiger charge is -2.25. The van der Waals surface area contributed by atoms with E-state index in [1.165, 1.54) is 17.5 Å². The number of aliphatic hydroxyl groups excluding tert-OH is 1. The Balaban J connectivity index is 2.47. The van der Waals surface area contributed by atoms with E-state index in [2.05, 4.69) is 6.07 Å². The van der Waals surface area contributed by atoms with Gasteiger partial charge in [0, 0.05) is 11.6 Å². The van der Waals surface area contributed by atoms with Gasteiger partial charge in [-0.15, -0.1) is 0 Å². The molecular weight excluding hydrogens is 162 g/mol. The second-order valence-electron chi connectivity index (χ2n) is 3.69. The van der Waals surface area contributed by atoms with Gasteiger partial charge in [-0.3, -0.25) is 0 Å². The number of benzene rings is 1. The minimum atomic E-state index is 0.223. The molecule has 1 aromatic carbocycles. The molecule has 70 valence electrons. The summed E-state index contributed by atoms with van der Waals surface area (Å²) >= 11 is 0. The summed E-state index contributed by atoms with van der Waals surface area (Å²) in [6, 6.07) is 6.04. The molecular formula is C11H15NO. The molecule has 1 aliphatic carbocycles. The van der Waals surface area contributed by atoms with E-state index in [4.69, 9.17) is 5.73 Å². The van der Waals surface area contributed by atoms with Gasteiger partial charge >= 0.3 is 0 Å². The predicted octanol–water partition coefficient (Wildman–Crippen LogP) is 1.68. The second kappa shape index (κ2) is 3.38. The number of hydrogen-bond donors (Lipinski definition) is 2. The first kappa shape index (κ1) is 8.57. The number of anilines is 1. The van der Waals surface area contributed by atoms with Crippen molar-refractivity contribution in [1.29, 1.82) is 0 Å². The van der Waals surface area contributed by atoms with Gasteiger partial charge < -0.3 is 10.8 Å². The smallest absolute Gasteiger partial charge is 0.0500 e. The van der Waals surface area contributed by atoms with E-state index >= 15 is 0 Å². The van der Waals surface area contributed by atoms with Crippen molar-refractivity contribution in [3.8, 4) is 0 Å². The van der Waals surface area contributed by atoms with Gasteiger partial charge in [0.05, 0.1) is 6.61 Å². The lowest BCUT2D eigenvalue weighted by atomic mass is 9.82. The molecule has 2 heteroatoms. The van der Waals surface area contributed by atoms with Crippen molar-refractivity contribution in [3.63, 3.8) is 0 Å². The Morgan fingerprint density at radius 1 is 1.46 bits per heavy atom. The van der Waals surface area contributed by atoms with Crippen molar-refractivity contribution >= 4 is 5.69 Å². The fraction of sp³-hybridized carbons (Fsp3) is 0.455. The fourth-order valence-corrected chi connectivity index (χ4v) is 2.21. The van der Waals surface area contributed by atoms with Gasteiger partial charge in [0.15, 0.2) is 0 Å². The van der Waals surface area contributed by atoms with Gasteiger partial charge in [-0.1, -0.05) is 12.1 Å². The molecule has 0 bridgehead atoms. The van der Waals surface area contributed by atoms with E-state index in [0.717, 1.165) is 18.5 Å². The summed E-state index contributed by atoms with van der Waals surface area (Å²) < 4.78 is 0. The maximum Gasteiger partial charge on any atom is 0.0500 e. The molecule has 0 heterocycles. The third-order valence-electron chi connectivity index (χ3n) is 2.86. The molecule has 0 saturated heterocycles. The molecule has 1 atom stereocenters. The molecule has 1 aromatic rings. The lowest BCUT2D eigenvalue weighted by molar-refractivity contribution is 0.253. The quantitative estimate of drug-likeness (QED) is 0.641. The van der Waals surface area contributed by atoms with Crippen molar-refractivity contribution in [2.45, 2.75) is 25.2 Å². The van der Waals surface area contributed by atoms with Crippen LogP contribution in [0.2, 0.25) is 0 Å². The van der Waals surface area contributed by atoms with Crippen LogP contribution >= 0.6 is 0 Å². The Hall–Kier alpha value is -1.02. The standard InChI is InChI=1S/C11H15NO/c12-10-6-2-4-8-3-1-5-9(7-13)11(8)10/h2,4,6,9,13H,1,3,5,7,12H2. The Morgan fingerprint density at radius 3 is 3.08 bits per heavy atom. The summed E-state index contributed by atoms with van der Waals surface area (Å²) in [5.74, 6) is 0.268. The van der Waals surface area contributed by atoms with E-state index in [9.17, 15) is 5.11 Å². The van der Waals surface area contributed by atoms with Gasteiger partial charge in [-0.25, -0.2) is 0 Å². The van der Waals surface area contributed by atoms with Gasteiger partial charge in [-0.05, 0) is 36.5 Å². The molecule has 0 aromatic heterocycles. The third-order valence-corrected chi connectivity index (χ3v) is 2.86. The molecule has 13 heavy (non-hydrogen) atoms. The van der Waals surface area contributed by atoms with Gasteiger partial charge in [-0.2, -0.15) is 0 Å². The van der Waals surface area contributed by atoms with Crippen LogP contribution in [-0.2, 0) is 6.42 Å². The highest BCUT2D eigenvalue weighted by Crippen LogP contribution is 2.34. The summed E-state index contributed by atoms with van der Waals surface area (Å²) in [7, 11) is 0. The van der Waals surface area contributed by atoms with Gasteiger partial charge in [0.1, 0.15) is 0 Å². The van der Waals surface area contributed by atoms with Crippen LogP contribution in [-0.4, -0.2) is 11.7 Å². The van der Waals surface area contributed by atoms with Gasteiger partial charge in [0.25, 0.3) is 0 Å². The average molecular weight is 177 g/mol. The summed E-state index contributed by atoms with van der Waals surface area (Å²) in [5.41, 5.74) is 9.26. The number of nitrogens with two attached hydrogens (primary N) is 1. The maximum atomic E-state index is 9.21. The Morgan fingerprint density at radius 2 is 2.31 bits per heavy atom. The lowest BCUT2D eigenvalue weighted by Crippen LogP contribution is -2.15. The highest BCUT2D eigenvalue weighted by molar-refractivity contribution is 5.53. The molecule has 0 fully saturated rings. The number of aliphatic hydroxyl groups is 1. The zero-order valence-electron chi connectivity index (χ0n) is 7.66. The number of hydrogen-bond acceptors (Lipinski definition) is 2. The SMILES string of the molecule is Nc1cccc2c1C(CO)CCC2. The first-order valence-electron chi connectivity index (χ1n) is 4.81. The zero-order valence-corrected chi connectivity index (χ0v) is 7.66. The first-order valence-corrected chi connectivity index (χ1v) is 4.81. The Bertz CT molecular complexity index is 309. The van der Waals surface area contributed by atoms with E-state index < -0.39 is 0 Å². The van der Waals surface area contributed by atoms with E-state index in [0.29, 0.717) is 0 Å². The zero-order chi connectivity index (χ0) is 9.26. The van der Waals surface area contributed by atoms with Crippen LogP contribution in [0.1, 0.15) is 29.9 Å². The molecule has 0 amide bonds. The molecule has 0 aliphatic heterocycles.